The van der Waals surface area contributed by atoms with Gasteiger partial charge >= 0.3 is 0 Å². The van der Waals surface area contributed by atoms with Gasteiger partial charge in [0.1, 0.15) is 6.04 Å². The molecule has 1 atom stereocenters. The van der Waals surface area contributed by atoms with Crippen LogP contribution in [0, 0.1) is 20.8 Å². The number of amides is 2. The lowest BCUT2D eigenvalue weighted by atomic mass is 10.1. The lowest BCUT2D eigenvalue weighted by Gasteiger charge is -2.29. The maximum atomic E-state index is 13.2. The molecule has 0 fully saturated rings. The number of carbonyl (C=O) groups is 2. The van der Waals surface area contributed by atoms with Gasteiger partial charge in [0, 0.05) is 26.1 Å². The summed E-state index contributed by atoms with van der Waals surface area (Å²) in [5.41, 5.74) is 4.50. The summed E-state index contributed by atoms with van der Waals surface area (Å²) in [5.74, 6) is -0.398. The number of hydrogen-bond donors (Lipinski definition) is 1. The van der Waals surface area contributed by atoms with Gasteiger partial charge in [-0.1, -0.05) is 42.0 Å². The monoisotopic (exact) mass is 487 g/mol. The number of likely N-dealkylation sites (N-methyl/N-ethyl adjacent to an activating group) is 1. The Bertz CT molecular complexity index is 1100. The number of rotatable bonds is 11. The van der Waals surface area contributed by atoms with Crippen molar-refractivity contribution in [3.63, 3.8) is 0 Å². The summed E-state index contributed by atoms with van der Waals surface area (Å²) in [5, 5.41) is 2.78. The second-order valence-corrected chi connectivity index (χ2v) is 10.7. The molecule has 2 rings (SSSR count). The highest BCUT2D eigenvalue weighted by Crippen LogP contribution is 2.24. The maximum absolute atomic E-state index is 13.2. The van der Waals surface area contributed by atoms with Crippen molar-refractivity contribution >= 4 is 27.5 Å². The molecule has 0 aliphatic heterocycles. The highest BCUT2D eigenvalue weighted by molar-refractivity contribution is 7.92. The van der Waals surface area contributed by atoms with E-state index >= 15 is 0 Å². The molecule has 2 aromatic rings. The normalized spacial score (nSPS) is 12.2. The lowest BCUT2D eigenvalue weighted by molar-refractivity contribution is -0.140. The van der Waals surface area contributed by atoms with Crippen molar-refractivity contribution in [3.05, 3.63) is 64.7 Å². The third-order valence-corrected chi connectivity index (χ3v) is 6.96. The first-order valence-corrected chi connectivity index (χ1v) is 13.5. The van der Waals surface area contributed by atoms with Crippen molar-refractivity contribution < 1.29 is 18.0 Å². The minimum absolute atomic E-state index is 0.131. The van der Waals surface area contributed by atoms with Gasteiger partial charge in [-0.2, -0.15) is 0 Å². The van der Waals surface area contributed by atoms with E-state index in [0.717, 1.165) is 22.3 Å². The van der Waals surface area contributed by atoms with Crippen LogP contribution in [-0.2, 0) is 26.2 Å². The highest BCUT2D eigenvalue weighted by atomic mass is 32.2. The second-order valence-electron chi connectivity index (χ2n) is 8.81. The van der Waals surface area contributed by atoms with Gasteiger partial charge in [-0.25, -0.2) is 8.42 Å². The van der Waals surface area contributed by atoms with E-state index in [4.69, 9.17) is 0 Å². The van der Waals surface area contributed by atoms with E-state index in [1.165, 1.54) is 10.6 Å². The summed E-state index contributed by atoms with van der Waals surface area (Å²) in [6.07, 6.45) is 1.65. The van der Waals surface area contributed by atoms with Gasteiger partial charge in [0.25, 0.3) is 0 Å². The van der Waals surface area contributed by atoms with E-state index in [9.17, 15) is 18.0 Å². The molecule has 2 amide bonds. The van der Waals surface area contributed by atoms with Crippen molar-refractivity contribution in [1.82, 2.24) is 10.2 Å². The second kappa shape index (κ2) is 12.0. The van der Waals surface area contributed by atoms with Crippen molar-refractivity contribution in [2.24, 2.45) is 0 Å². The lowest BCUT2D eigenvalue weighted by Crippen LogP contribution is -2.47. The number of aryl methyl sites for hydroxylation is 3. The van der Waals surface area contributed by atoms with Gasteiger partial charge in [0.2, 0.25) is 21.8 Å². The van der Waals surface area contributed by atoms with Gasteiger partial charge in [0.15, 0.2) is 0 Å². The van der Waals surface area contributed by atoms with E-state index in [-0.39, 0.29) is 24.8 Å². The number of sulfonamides is 1. The number of nitrogens with zero attached hydrogens (tertiary/aromatic N) is 2. The zero-order valence-electron chi connectivity index (χ0n) is 21.1. The first kappa shape index (κ1) is 27.4. The van der Waals surface area contributed by atoms with Crippen LogP contribution in [0.5, 0.6) is 0 Å². The number of carbonyl (C=O) groups excluding carboxylic acids is 2. The van der Waals surface area contributed by atoms with Crippen LogP contribution in [0.15, 0.2) is 42.5 Å². The number of nitrogens with one attached hydrogen (secondary N) is 1. The number of hydrogen-bond acceptors (Lipinski definition) is 4. The van der Waals surface area contributed by atoms with Gasteiger partial charge in [0.05, 0.1) is 11.9 Å². The van der Waals surface area contributed by atoms with Crippen LogP contribution in [0.3, 0.4) is 0 Å². The van der Waals surface area contributed by atoms with Crippen molar-refractivity contribution in [3.8, 4) is 0 Å². The average Bonchev–Trinajstić information content (AvgIpc) is 2.77. The molecule has 0 spiro atoms. The van der Waals surface area contributed by atoms with E-state index < -0.39 is 16.1 Å². The van der Waals surface area contributed by atoms with Crippen LogP contribution in [0.25, 0.3) is 0 Å². The molecule has 0 aliphatic rings. The minimum Gasteiger partial charge on any atom is -0.355 e. The molecule has 1 N–H and O–H groups in total. The first-order valence-electron chi connectivity index (χ1n) is 11.6. The van der Waals surface area contributed by atoms with E-state index in [1.54, 1.807) is 11.8 Å². The quantitative estimate of drug-likeness (QED) is 0.523. The van der Waals surface area contributed by atoms with E-state index in [0.29, 0.717) is 25.2 Å². The molecule has 7 nitrogen and oxygen atoms in total. The molecule has 0 bridgehead atoms. The van der Waals surface area contributed by atoms with Crippen molar-refractivity contribution in [2.45, 2.75) is 60.0 Å². The Hall–Kier alpha value is -2.87. The standard InChI is InChI=1S/C26H37N3O4S/c1-7-27-26(31)22(5)28(18-23-14-11-19(2)12-15-23)25(30)9-8-16-29(34(6,32)33)24-17-20(3)10-13-21(24)4/h10-15,17,22H,7-9,16,18H2,1-6H3,(H,27,31)/t22-/m0/s1. The summed E-state index contributed by atoms with van der Waals surface area (Å²) in [6, 6.07) is 12.9. The van der Waals surface area contributed by atoms with Crippen molar-refractivity contribution in [2.75, 3.05) is 23.7 Å². The summed E-state index contributed by atoms with van der Waals surface area (Å²) >= 11 is 0. The smallest absolute Gasteiger partial charge is 0.242 e. The largest absolute Gasteiger partial charge is 0.355 e. The van der Waals surface area contributed by atoms with Crippen LogP contribution < -0.4 is 9.62 Å². The molecule has 8 heteroatoms. The number of anilines is 1. The zero-order chi connectivity index (χ0) is 25.5. The zero-order valence-corrected chi connectivity index (χ0v) is 21.9. The topological polar surface area (TPSA) is 86.8 Å². The van der Waals surface area contributed by atoms with E-state index in [2.05, 4.69) is 5.32 Å². The average molecular weight is 488 g/mol. The van der Waals surface area contributed by atoms with E-state index in [1.807, 2.05) is 70.2 Å². The summed E-state index contributed by atoms with van der Waals surface area (Å²) in [7, 11) is -3.52. The maximum Gasteiger partial charge on any atom is 0.242 e. The third-order valence-electron chi connectivity index (χ3n) is 5.78. The van der Waals surface area contributed by atoms with Crippen LogP contribution in [0.2, 0.25) is 0 Å². The molecule has 0 aromatic heterocycles. The highest BCUT2D eigenvalue weighted by Gasteiger charge is 2.26. The van der Waals surface area contributed by atoms with Crippen LogP contribution >= 0.6 is 0 Å². The summed E-state index contributed by atoms with van der Waals surface area (Å²) in [4.78, 5) is 27.3. The molecule has 186 valence electrons. The fraction of sp³-hybridized carbons (Fsp3) is 0.462. The molecular weight excluding hydrogens is 450 g/mol. The molecule has 34 heavy (non-hydrogen) atoms. The predicted octanol–water partition coefficient (Wildman–Crippen LogP) is 3.71. The fourth-order valence-electron chi connectivity index (χ4n) is 3.77. The summed E-state index contributed by atoms with van der Waals surface area (Å²) < 4.78 is 26.4. The molecule has 0 heterocycles. The van der Waals surface area contributed by atoms with Crippen LogP contribution in [0.4, 0.5) is 5.69 Å². The third kappa shape index (κ3) is 7.58. The Morgan fingerprint density at radius 2 is 1.62 bits per heavy atom. The molecule has 0 radical (unpaired) electrons. The van der Waals surface area contributed by atoms with Gasteiger partial charge in [-0.3, -0.25) is 13.9 Å². The Kier molecular flexibility index (Phi) is 9.67. The van der Waals surface area contributed by atoms with Crippen LogP contribution in [-0.4, -0.2) is 50.5 Å². The Morgan fingerprint density at radius 3 is 2.21 bits per heavy atom. The van der Waals surface area contributed by atoms with Crippen LogP contribution in [0.1, 0.15) is 48.9 Å². The molecule has 0 saturated heterocycles. The predicted molar refractivity (Wildman–Crippen MR) is 137 cm³/mol. The SMILES string of the molecule is CCNC(=O)[C@H](C)N(Cc1ccc(C)cc1)C(=O)CCCN(c1cc(C)ccc1C)S(C)(=O)=O. The van der Waals surface area contributed by atoms with Gasteiger partial charge in [-0.05, 0) is 63.8 Å². The summed E-state index contributed by atoms with van der Waals surface area (Å²) in [6.45, 7) is 10.3. The minimum atomic E-state index is -3.52. The Labute approximate surface area is 204 Å². The van der Waals surface area contributed by atoms with Gasteiger partial charge in [-0.15, -0.1) is 0 Å². The number of benzene rings is 2. The Morgan fingerprint density at radius 1 is 1.00 bits per heavy atom. The molecule has 0 saturated carbocycles. The van der Waals surface area contributed by atoms with Crippen molar-refractivity contribution in [1.29, 1.82) is 0 Å². The first-order chi connectivity index (χ1) is 15.9. The molecular formula is C26H37N3O4S. The Balaban J connectivity index is 2.18. The molecule has 0 aliphatic carbocycles. The molecule has 0 unspecified atom stereocenters. The fourth-order valence-corrected chi connectivity index (χ4v) is 4.78. The van der Waals surface area contributed by atoms with Gasteiger partial charge < -0.3 is 10.2 Å². The molecule has 2 aromatic carbocycles.